The summed E-state index contributed by atoms with van der Waals surface area (Å²) in [5.74, 6) is 0. The van der Waals surface area contributed by atoms with Gasteiger partial charge in [-0.1, -0.05) is 42.5 Å². The van der Waals surface area contributed by atoms with Gasteiger partial charge in [-0.05, 0) is 37.4 Å². The number of benzene rings is 1. The van der Waals surface area contributed by atoms with Gasteiger partial charge in [0, 0.05) is 0 Å². The number of hydrogen-bond acceptors (Lipinski definition) is 2. The van der Waals surface area contributed by atoms with Crippen LogP contribution in [-0.2, 0) is 6.54 Å². The summed E-state index contributed by atoms with van der Waals surface area (Å²) in [6.45, 7) is 0.689. The second-order valence-corrected chi connectivity index (χ2v) is 4.56. The molecule has 0 aliphatic rings. The molecule has 1 heterocycles. The molecule has 0 N–H and O–H groups in total. The summed E-state index contributed by atoms with van der Waals surface area (Å²) in [6.07, 6.45) is 4.10. The van der Waals surface area contributed by atoms with Gasteiger partial charge in [-0.2, -0.15) is 4.98 Å². The van der Waals surface area contributed by atoms with E-state index in [0.29, 0.717) is 11.3 Å². The highest BCUT2D eigenvalue weighted by Crippen LogP contribution is 2.11. The zero-order valence-electron chi connectivity index (χ0n) is 8.35. The average molecular weight is 343 g/mol. The normalized spacial score (nSPS) is 11.1. The lowest BCUT2D eigenvalue weighted by molar-refractivity contribution is 0.680. The molecule has 0 aliphatic carbocycles. The van der Waals surface area contributed by atoms with Gasteiger partial charge in [-0.25, -0.2) is 4.68 Å². The Labute approximate surface area is 110 Å². The molecule has 1 aromatic carbocycles. The number of nitrogens with zero attached hydrogens (tertiary/aromatic N) is 3. The van der Waals surface area contributed by atoms with Gasteiger partial charge in [0.1, 0.15) is 0 Å². The van der Waals surface area contributed by atoms with Crippen LogP contribution < -0.4 is 0 Å². The van der Waals surface area contributed by atoms with Crippen LogP contribution in [-0.4, -0.2) is 14.8 Å². The second-order valence-electron chi connectivity index (χ2n) is 3.15. The molecule has 0 aliphatic heterocycles. The Morgan fingerprint density at radius 2 is 1.94 bits per heavy atom. The van der Waals surface area contributed by atoms with E-state index < -0.39 is 0 Å². The fourth-order valence-electron chi connectivity index (χ4n) is 1.27. The smallest absolute Gasteiger partial charge is 0.218 e. The monoisotopic (exact) mass is 341 g/mol. The van der Waals surface area contributed by atoms with E-state index in [1.54, 1.807) is 4.68 Å². The molecule has 0 amide bonds. The van der Waals surface area contributed by atoms with Crippen molar-refractivity contribution < 1.29 is 0 Å². The summed E-state index contributed by atoms with van der Waals surface area (Å²) in [7, 11) is 0. The summed E-state index contributed by atoms with van der Waals surface area (Å²) < 4.78 is 3.08. The maximum atomic E-state index is 4.17. The Morgan fingerprint density at radius 1 is 1.19 bits per heavy atom. The average Bonchev–Trinajstić information content (AvgIpc) is 2.59. The van der Waals surface area contributed by atoms with E-state index in [1.165, 1.54) is 5.56 Å². The molecule has 82 valence electrons. The van der Waals surface area contributed by atoms with Gasteiger partial charge in [0.25, 0.3) is 0 Å². The quantitative estimate of drug-likeness (QED) is 0.854. The first-order valence-corrected chi connectivity index (χ1v) is 6.32. The first-order chi connectivity index (χ1) is 7.75. The van der Waals surface area contributed by atoms with Gasteiger partial charge in [0.05, 0.1) is 6.54 Å². The van der Waals surface area contributed by atoms with Crippen LogP contribution in [0.5, 0.6) is 0 Å². The Kier molecular flexibility index (Phi) is 3.90. The molecular weight excluding hydrogens is 334 g/mol. The second kappa shape index (κ2) is 5.41. The first-order valence-electron chi connectivity index (χ1n) is 4.73. The Balaban J connectivity index is 2.02. The molecule has 0 fully saturated rings. The fourth-order valence-corrected chi connectivity index (χ4v) is 2.26. The van der Waals surface area contributed by atoms with Crippen molar-refractivity contribution >= 4 is 37.9 Å². The van der Waals surface area contributed by atoms with Crippen molar-refractivity contribution in [2.45, 2.75) is 6.54 Å². The summed E-state index contributed by atoms with van der Waals surface area (Å²) >= 11 is 6.55. The van der Waals surface area contributed by atoms with Crippen LogP contribution in [0.1, 0.15) is 5.56 Å². The van der Waals surface area contributed by atoms with Crippen LogP contribution in [0.4, 0.5) is 0 Å². The molecule has 0 spiro atoms. The van der Waals surface area contributed by atoms with Crippen molar-refractivity contribution in [3.05, 3.63) is 51.4 Å². The highest BCUT2D eigenvalue weighted by molar-refractivity contribution is 9.11. The Hall–Kier alpha value is -0.940. The van der Waals surface area contributed by atoms with Crippen molar-refractivity contribution in [2.75, 3.05) is 0 Å². The maximum absolute atomic E-state index is 4.17. The highest BCUT2D eigenvalue weighted by atomic mass is 79.9. The van der Waals surface area contributed by atoms with Crippen LogP contribution in [0.2, 0.25) is 0 Å². The number of halogens is 2. The predicted octanol–water partition coefficient (Wildman–Crippen LogP) is 3.52. The summed E-state index contributed by atoms with van der Waals surface area (Å²) in [6, 6.07) is 10.2. The Bertz CT molecular complexity index is 491. The van der Waals surface area contributed by atoms with E-state index in [2.05, 4.69) is 60.2 Å². The van der Waals surface area contributed by atoms with Crippen molar-refractivity contribution in [3.8, 4) is 0 Å². The molecular formula is C11H9Br2N3. The van der Waals surface area contributed by atoms with Crippen LogP contribution in [0.3, 0.4) is 0 Å². The first kappa shape index (κ1) is 11.5. The molecule has 2 rings (SSSR count). The van der Waals surface area contributed by atoms with Crippen LogP contribution in [0.15, 0.2) is 45.9 Å². The van der Waals surface area contributed by atoms with Gasteiger partial charge in [-0.15, -0.1) is 5.10 Å². The molecule has 1 aromatic heterocycles. The Morgan fingerprint density at radius 3 is 2.56 bits per heavy atom. The standard InChI is InChI=1S/C11H9Br2N3/c12-10-14-11(13)16(15-10)8-4-7-9-5-2-1-3-6-9/h1-7H,8H2/b7-4+. The number of allylic oxidation sites excluding steroid dienone is 1. The predicted molar refractivity (Wildman–Crippen MR) is 70.9 cm³/mol. The van der Waals surface area contributed by atoms with Gasteiger partial charge < -0.3 is 0 Å². The third kappa shape index (κ3) is 3.02. The topological polar surface area (TPSA) is 30.7 Å². The fraction of sp³-hybridized carbons (Fsp3) is 0.0909. The molecule has 0 saturated carbocycles. The molecule has 16 heavy (non-hydrogen) atoms. The molecule has 0 unspecified atom stereocenters. The van der Waals surface area contributed by atoms with Crippen LogP contribution in [0.25, 0.3) is 6.08 Å². The van der Waals surface area contributed by atoms with Crippen molar-refractivity contribution in [1.82, 2.24) is 14.8 Å². The lowest BCUT2D eigenvalue weighted by Crippen LogP contribution is -1.97. The summed E-state index contributed by atoms with van der Waals surface area (Å²) in [5.41, 5.74) is 1.18. The van der Waals surface area contributed by atoms with E-state index in [4.69, 9.17) is 0 Å². The minimum Gasteiger partial charge on any atom is -0.235 e. The molecule has 2 aromatic rings. The molecule has 0 saturated heterocycles. The van der Waals surface area contributed by atoms with E-state index >= 15 is 0 Å². The van der Waals surface area contributed by atoms with E-state index in [0.717, 1.165) is 4.73 Å². The third-order valence-electron chi connectivity index (χ3n) is 1.99. The van der Waals surface area contributed by atoms with E-state index in [9.17, 15) is 0 Å². The van der Waals surface area contributed by atoms with E-state index in [-0.39, 0.29) is 0 Å². The van der Waals surface area contributed by atoms with Crippen LogP contribution >= 0.6 is 31.9 Å². The zero-order valence-corrected chi connectivity index (χ0v) is 11.5. The largest absolute Gasteiger partial charge is 0.235 e. The minimum absolute atomic E-state index is 0.590. The van der Waals surface area contributed by atoms with Crippen molar-refractivity contribution in [2.24, 2.45) is 0 Å². The lowest BCUT2D eigenvalue weighted by Gasteiger charge is -1.95. The minimum atomic E-state index is 0.590. The van der Waals surface area contributed by atoms with Gasteiger partial charge in [0.2, 0.25) is 4.73 Å². The highest BCUT2D eigenvalue weighted by Gasteiger charge is 2.01. The number of rotatable bonds is 3. The summed E-state index contributed by atoms with van der Waals surface area (Å²) in [5, 5.41) is 4.17. The van der Waals surface area contributed by atoms with Crippen molar-refractivity contribution in [1.29, 1.82) is 0 Å². The van der Waals surface area contributed by atoms with Gasteiger partial charge in [0.15, 0.2) is 4.73 Å². The maximum Gasteiger partial charge on any atom is 0.218 e. The number of aromatic nitrogens is 3. The molecule has 0 bridgehead atoms. The van der Waals surface area contributed by atoms with Crippen molar-refractivity contribution in [3.63, 3.8) is 0 Å². The molecule has 0 radical (unpaired) electrons. The molecule has 3 nitrogen and oxygen atoms in total. The zero-order chi connectivity index (χ0) is 11.4. The van der Waals surface area contributed by atoms with Gasteiger partial charge in [-0.3, -0.25) is 0 Å². The SMILES string of the molecule is Brc1nc(Br)n(C/C=C/c2ccccc2)n1. The third-order valence-corrected chi connectivity index (χ3v) is 2.91. The molecule has 5 heteroatoms. The molecule has 0 atom stereocenters. The summed E-state index contributed by atoms with van der Waals surface area (Å²) in [4.78, 5) is 4.09. The van der Waals surface area contributed by atoms with E-state index in [1.807, 2.05) is 24.3 Å². The van der Waals surface area contributed by atoms with Crippen LogP contribution in [0, 0.1) is 0 Å². The van der Waals surface area contributed by atoms with Gasteiger partial charge >= 0.3 is 0 Å². The number of hydrogen-bond donors (Lipinski definition) is 0. The lowest BCUT2D eigenvalue weighted by atomic mass is 10.2.